The number of piperidine rings is 1. The zero-order valence-corrected chi connectivity index (χ0v) is 14.2. The van der Waals surface area contributed by atoms with E-state index in [1.54, 1.807) is 0 Å². The Hall–Kier alpha value is -1.10. The highest BCUT2D eigenvalue weighted by Crippen LogP contribution is 2.21. The molecule has 1 aliphatic rings. The Morgan fingerprint density at radius 3 is 2.29 bits per heavy atom. The summed E-state index contributed by atoms with van der Waals surface area (Å²) in [4.78, 5) is 26.1. The molecule has 0 aromatic carbocycles. The second-order valence-electron chi connectivity index (χ2n) is 7.05. The number of rotatable bonds is 5. The van der Waals surface area contributed by atoms with Gasteiger partial charge in [0.05, 0.1) is 0 Å². The molecule has 1 unspecified atom stereocenters. The van der Waals surface area contributed by atoms with Crippen molar-refractivity contribution in [2.24, 2.45) is 5.41 Å². The van der Waals surface area contributed by atoms with Gasteiger partial charge in [-0.15, -0.1) is 0 Å². The van der Waals surface area contributed by atoms with Gasteiger partial charge in [-0.2, -0.15) is 0 Å². The monoisotopic (exact) mass is 297 g/mol. The first kappa shape index (κ1) is 18.0. The lowest BCUT2D eigenvalue weighted by Crippen LogP contribution is -2.49. The molecule has 2 N–H and O–H groups in total. The molecule has 0 radical (unpaired) electrons. The maximum absolute atomic E-state index is 12.2. The van der Waals surface area contributed by atoms with Crippen LogP contribution in [0.3, 0.4) is 0 Å². The molecule has 1 aliphatic heterocycles. The highest BCUT2D eigenvalue weighted by molar-refractivity contribution is 5.81. The van der Waals surface area contributed by atoms with Crippen molar-refractivity contribution in [3.8, 4) is 0 Å². The van der Waals surface area contributed by atoms with E-state index in [-0.39, 0.29) is 29.3 Å². The van der Waals surface area contributed by atoms with Crippen LogP contribution in [0.4, 0.5) is 0 Å². The van der Waals surface area contributed by atoms with E-state index in [9.17, 15) is 9.59 Å². The zero-order chi connectivity index (χ0) is 16.0. The van der Waals surface area contributed by atoms with Gasteiger partial charge in [0.1, 0.15) is 0 Å². The Labute approximate surface area is 128 Å². The molecule has 0 aromatic rings. The Balaban J connectivity index is 2.33. The van der Waals surface area contributed by atoms with E-state index >= 15 is 0 Å². The van der Waals surface area contributed by atoms with Crippen LogP contribution in [0.25, 0.3) is 0 Å². The van der Waals surface area contributed by atoms with Gasteiger partial charge in [0, 0.05) is 37.0 Å². The summed E-state index contributed by atoms with van der Waals surface area (Å²) in [6.07, 6.45) is 2.21. The number of nitrogens with zero attached hydrogens (tertiary/aromatic N) is 1. The molecule has 5 heteroatoms. The first-order chi connectivity index (χ1) is 9.74. The molecule has 1 saturated heterocycles. The van der Waals surface area contributed by atoms with Crippen LogP contribution in [0, 0.1) is 5.41 Å². The third-order valence-electron chi connectivity index (χ3n) is 3.83. The standard InChI is InChI=1S/C16H31N3O2/c1-6-17-12(2)11-14(20)18-13-7-9-19(10-8-13)15(21)16(3,4)5/h12-13,17H,6-11H2,1-5H3,(H,18,20). The molecule has 1 fully saturated rings. The van der Waals surface area contributed by atoms with Gasteiger partial charge >= 0.3 is 0 Å². The maximum atomic E-state index is 12.2. The fourth-order valence-electron chi connectivity index (χ4n) is 2.69. The quantitative estimate of drug-likeness (QED) is 0.809. The van der Waals surface area contributed by atoms with E-state index < -0.39 is 0 Å². The average molecular weight is 297 g/mol. The molecule has 1 atom stereocenters. The summed E-state index contributed by atoms with van der Waals surface area (Å²) in [5.41, 5.74) is -0.322. The van der Waals surface area contributed by atoms with E-state index in [0.29, 0.717) is 6.42 Å². The van der Waals surface area contributed by atoms with Crippen molar-refractivity contribution in [2.75, 3.05) is 19.6 Å². The molecule has 0 spiro atoms. The van der Waals surface area contributed by atoms with Gasteiger partial charge in [-0.05, 0) is 26.3 Å². The van der Waals surface area contributed by atoms with E-state index in [0.717, 1.165) is 32.5 Å². The summed E-state index contributed by atoms with van der Waals surface area (Å²) in [6.45, 7) is 12.3. The van der Waals surface area contributed by atoms with Crippen molar-refractivity contribution in [1.29, 1.82) is 0 Å². The minimum Gasteiger partial charge on any atom is -0.353 e. The highest BCUT2D eigenvalue weighted by Gasteiger charge is 2.30. The van der Waals surface area contributed by atoms with Crippen molar-refractivity contribution in [2.45, 2.75) is 66.0 Å². The first-order valence-corrected chi connectivity index (χ1v) is 8.06. The number of likely N-dealkylation sites (tertiary alicyclic amines) is 1. The first-order valence-electron chi connectivity index (χ1n) is 8.06. The molecule has 0 aliphatic carbocycles. The van der Waals surface area contributed by atoms with Crippen molar-refractivity contribution in [3.05, 3.63) is 0 Å². The topological polar surface area (TPSA) is 61.4 Å². The highest BCUT2D eigenvalue weighted by atomic mass is 16.2. The van der Waals surface area contributed by atoms with E-state index in [1.807, 2.05) is 39.5 Å². The number of carbonyl (C=O) groups excluding carboxylic acids is 2. The van der Waals surface area contributed by atoms with Crippen molar-refractivity contribution in [3.63, 3.8) is 0 Å². The third-order valence-corrected chi connectivity index (χ3v) is 3.83. The van der Waals surface area contributed by atoms with Crippen LogP contribution in [0.2, 0.25) is 0 Å². The van der Waals surface area contributed by atoms with Crippen LogP contribution in [-0.2, 0) is 9.59 Å². The summed E-state index contributed by atoms with van der Waals surface area (Å²) in [7, 11) is 0. The van der Waals surface area contributed by atoms with E-state index in [1.165, 1.54) is 0 Å². The van der Waals surface area contributed by atoms with Crippen LogP contribution in [0.15, 0.2) is 0 Å². The van der Waals surface area contributed by atoms with Crippen molar-refractivity contribution >= 4 is 11.8 Å². The predicted molar refractivity (Wildman–Crippen MR) is 85.0 cm³/mol. The summed E-state index contributed by atoms with van der Waals surface area (Å²) >= 11 is 0. The number of hydrogen-bond acceptors (Lipinski definition) is 3. The number of hydrogen-bond donors (Lipinski definition) is 2. The van der Waals surface area contributed by atoms with Gasteiger partial charge in [-0.3, -0.25) is 9.59 Å². The summed E-state index contributed by atoms with van der Waals surface area (Å²) in [5, 5.41) is 6.33. The molecular weight excluding hydrogens is 266 g/mol. The predicted octanol–water partition coefficient (Wildman–Crippen LogP) is 1.53. The van der Waals surface area contributed by atoms with Crippen LogP contribution >= 0.6 is 0 Å². The molecule has 122 valence electrons. The maximum Gasteiger partial charge on any atom is 0.227 e. The molecular formula is C16H31N3O2. The van der Waals surface area contributed by atoms with E-state index in [4.69, 9.17) is 0 Å². The van der Waals surface area contributed by atoms with Gasteiger partial charge < -0.3 is 15.5 Å². The minimum absolute atomic E-state index is 0.101. The average Bonchev–Trinajstić information content (AvgIpc) is 2.37. The number of nitrogens with one attached hydrogen (secondary N) is 2. The van der Waals surface area contributed by atoms with Gasteiger partial charge in [0.15, 0.2) is 0 Å². The Morgan fingerprint density at radius 2 is 1.81 bits per heavy atom. The molecule has 1 heterocycles. The van der Waals surface area contributed by atoms with Crippen LogP contribution < -0.4 is 10.6 Å². The Kier molecular flexibility index (Phi) is 6.65. The van der Waals surface area contributed by atoms with Crippen LogP contribution in [0.1, 0.15) is 53.9 Å². The molecule has 21 heavy (non-hydrogen) atoms. The van der Waals surface area contributed by atoms with Gasteiger partial charge in [-0.1, -0.05) is 27.7 Å². The summed E-state index contributed by atoms with van der Waals surface area (Å²) in [5.74, 6) is 0.303. The smallest absolute Gasteiger partial charge is 0.227 e. The lowest BCUT2D eigenvalue weighted by atomic mass is 9.93. The zero-order valence-electron chi connectivity index (χ0n) is 14.2. The normalized spacial score (nSPS) is 18.4. The number of carbonyl (C=O) groups is 2. The summed E-state index contributed by atoms with van der Waals surface area (Å²) < 4.78 is 0. The second kappa shape index (κ2) is 7.78. The molecule has 2 amide bonds. The van der Waals surface area contributed by atoms with Crippen molar-refractivity contribution in [1.82, 2.24) is 15.5 Å². The van der Waals surface area contributed by atoms with Crippen LogP contribution in [-0.4, -0.2) is 48.4 Å². The SMILES string of the molecule is CCNC(C)CC(=O)NC1CCN(C(=O)C(C)(C)C)CC1. The molecule has 5 nitrogen and oxygen atoms in total. The van der Waals surface area contributed by atoms with Gasteiger partial charge in [0.2, 0.25) is 11.8 Å². The minimum atomic E-state index is -0.322. The Bertz CT molecular complexity index is 355. The third kappa shape index (κ3) is 6.04. The second-order valence-corrected chi connectivity index (χ2v) is 7.05. The van der Waals surface area contributed by atoms with Crippen molar-refractivity contribution < 1.29 is 9.59 Å². The van der Waals surface area contributed by atoms with Crippen LogP contribution in [0.5, 0.6) is 0 Å². The molecule has 0 saturated carbocycles. The summed E-state index contributed by atoms with van der Waals surface area (Å²) in [6, 6.07) is 0.410. The Morgan fingerprint density at radius 1 is 1.24 bits per heavy atom. The van der Waals surface area contributed by atoms with Gasteiger partial charge in [0.25, 0.3) is 0 Å². The lowest BCUT2D eigenvalue weighted by Gasteiger charge is -2.36. The lowest BCUT2D eigenvalue weighted by molar-refractivity contribution is -0.140. The fourth-order valence-corrected chi connectivity index (χ4v) is 2.69. The largest absolute Gasteiger partial charge is 0.353 e. The molecule has 0 aromatic heterocycles. The van der Waals surface area contributed by atoms with Gasteiger partial charge in [-0.25, -0.2) is 0 Å². The number of amides is 2. The van der Waals surface area contributed by atoms with E-state index in [2.05, 4.69) is 10.6 Å². The fraction of sp³-hybridized carbons (Fsp3) is 0.875. The molecule has 1 rings (SSSR count). The molecule has 0 bridgehead atoms.